The molecule has 1 rings (SSSR count). The second kappa shape index (κ2) is 6.69. The standard InChI is InChI=1S/C13H28N2O2/c1-13(2)5-4-11(12(13)14)10-15(6-8-16)7-9-17-3/h11-12,16H,4-10,14H2,1-3H3. The second-order valence-electron chi connectivity index (χ2n) is 5.83. The van der Waals surface area contributed by atoms with Crippen molar-refractivity contribution in [2.24, 2.45) is 17.1 Å². The highest BCUT2D eigenvalue weighted by Crippen LogP contribution is 2.40. The Morgan fingerprint density at radius 3 is 2.59 bits per heavy atom. The Morgan fingerprint density at radius 1 is 1.41 bits per heavy atom. The van der Waals surface area contributed by atoms with E-state index >= 15 is 0 Å². The van der Waals surface area contributed by atoms with Crippen LogP contribution in [0.2, 0.25) is 0 Å². The van der Waals surface area contributed by atoms with Gasteiger partial charge in [0.05, 0.1) is 13.2 Å². The van der Waals surface area contributed by atoms with E-state index in [0.717, 1.165) is 13.1 Å². The van der Waals surface area contributed by atoms with Gasteiger partial charge in [0, 0.05) is 32.8 Å². The van der Waals surface area contributed by atoms with Crippen molar-refractivity contribution in [2.45, 2.75) is 32.7 Å². The largest absolute Gasteiger partial charge is 0.395 e. The van der Waals surface area contributed by atoms with Gasteiger partial charge in [-0.2, -0.15) is 0 Å². The average molecular weight is 244 g/mol. The summed E-state index contributed by atoms with van der Waals surface area (Å²) in [6.45, 7) is 8.00. The molecule has 0 aromatic heterocycles. The van der Waals surface area contributed by atoms with E-state index in [4.69, 9.17) is 15.6 Å². The molecule has 4 nitrogen and oxygen atoms in total. The molecule has 1 aliphatic carbocycles. The predicted molar refractivity (Wildman–Crippen MR) is 69.9 cm³/mol. The van der Waals surface area contributed by atoms with Gasteiger partial charge in [-0.15, -0.1) is 0 Å². The van der Waals surface area contributed by atoms with E-state index in [0.29, 0.717) is 19.1 Å². The minimum Gasteiger partial charge on any atom is -0.395 e. The van der Waals surface area contributed by atoms with Crippen LogP contribution < -0.4 is 5.73 Å². The number of methoxy groups -OCH3 is 1. The smallest absolute Gasteiger partial charge is 0.0589 e. The first-order chi connectivity index (χ1) is 8.01. The van der Waals surface area contributed by atoms with Gasteiger partial charge in [-0.25, -0.2) is 0 Å². The lowest BCUT2D eigenvalue weighted by atomic mass is 9.85. The predicted octanol–water partition coefficient (Wildman–Crippen LogP) is 0.691. The number of rotatable bonds is 7. The number of aliphatic hydroxyl groups is 1. The second-order valence-corrected chi connectivity index (χ2v) is 5.83. The summed E-state index contributed by atoms with van der Waals surface area (Å²) in [5.74, 6) is 0.549. The van der Waals surface area contributed by atoms with Crippen LogP contribution in [0.15, 0.2) is 0 Å². The molecule has 2 unspecified atom stereocenters. The lowest BCUT2D eigenvalue weighted by Gasteiger charge is -2.30. The first-order valence-electron chi connectivity index (χ1n) is 6.59. The van der Waals surface area contributed by atoms with Crippen LogP contribution in [-0.4, -0.2) is 56.0 Å². The molecule has 0 aromatic rings. The number of ether oxygens (including phenoxy) is 1. The molecule has 3 N–H and O–H groups in total. The minimum absolute atomic E-state index is 0.203. The summed E-state index contributed by atoms with van der Waals surface area (Å²) < 4.78 is 5.10. The van der Waals surface area contributed by atoms with Crippen molar-refractivity contribution < 1.29 is 9.84 Å². The Morgan fingerprint density at radius 2 is 2.12 bits per heavy atom. The number of hydrogen-bond donors (Lipinski definition) is 2. The monoisotopic (exact) mass is 244 g/mol. The third-order valence-corrected chi connectivity index (χ3v) is 4.09. The highest BCUT2D eigenvalue weighted by atomic mass is 16.5. The van der Waals surface area contributed by atoms with Crippen LogP contribution in [0.25, 0.3) is 0 Å². The van der Waals surface area contributed by atoms with Crippen LogP contribution in [0.3, 0.4) is 0 Å². The maximum absolute atomic E-state index is 9.06. The van der Waals surface area contributed by atoms with Crippen molar-refractivity contribution in [1.82, 2.24) is 4.90 Å². The molecular formula is C13H28N2O2. The van der Waals surface area contributed by atoms with Gasteiger partial charge in [0.1, 0.15) is 0 Å². The molecular weight excluding hydrogens is 216 g/mol. The van der Waals surface area contributed by atoms with Crippen molar-refractivity contribution in [3.63, 3.8) is 0 Å². The molecule has 17 heavy (non-hydrogen) atoms. The first kappa shape index (κ1) is 14.9. The molecule has 1 saturated carbocycles. The Bertz CT molecular complexity index is 221. The van der Waals surface area contributed by atoms with Gasteiger partial charge in [-0.1, -0.05) is 13.8 Å². The molecule has 0 aliphatic heterocycles. The summed E-state index contributed by atoms with van der Waals surface area (Å²) >= 11 is 0. The molecule has 0 aromatic carbocycles. The van der Waals surface area contributed by atoms with Crippen LogP contribution in [-0.2, 0) is 4.74 Å². The Labute approximate surface area is 105 Å². The molecule has 2 atom stereocenters. The van der Waals surface area contributed by atoms with Gasteiger partial charge < -0.3 is 15.6 Å². The van der Waals surface area contributed by atoms with E-state index in [9.17, 15) is 0 Å². The van der Waals surface area contributed by atoms with Crippen LogP contribution in [0.1, 0.15) is 26.7 Å². The van der Waals surface area contributed by atoms with Gasteiger partial charge in [-0.05, 0) is 24.2 Å². The molecule has 4 heteroatoms. The summed E-state index contributed by atoms with van der Waals surface area (Å²) in [5.41, 5.74) is 6.57. The Kier molecular flexibility index (Phi) is 5.86. The molecule has 1 fully saturated rings. The average Bonchev–Trinajstić information content (AvgIpc) is 2.53. The van der Waals surface area contributed by atoms with Gasteiger partial charge >= 0.3 is 0 Å². The van der Waals surface area contributed by atoms with Crippen molar-refractivity contribution in [3.05, 3.63) is 0 Å². The zero-order valence-electron chi connectivity index (χ0n) is 11.5. The molecule has 0 spiro atoms. The number of nitrogens with two attached hydrogens (primary N) is 1. The summed E-state index contributed by atoms with van der Waals surface area (Å²) in [6.07, 6.45) is 2.40. The first-order valence-corrected chi connectivity index (χ1v) is 6.59. The van der Waals surface area contributed by atoms with E-state index in [2.05, 4.69) is 18.7 Å². The highest BCUT2D eigenvalue weighted by molar-refractivity contribution is 4.95. The van der Waals surface area contributed by atoms with Crippen LogP contribution in [0, 0.1) is 11.3 Å². The SMILES string of the molecule is COCCN(CCO)CC1CCC(C)(C)C1N. The maximum Gasteiger partial charge on any atom is 0.0589 e. The fourth-order valence-corrected chi connectivity index (χ4v) is 2.73. The zero-order chi connectivity index (χ0) is 12.9. The molecule has 0 radical (unpaired) electrons. The van der Waals surface area contributed by atoms with E-state index < -0.39 is 0 Å². The Balaban J connectivity index is 2.44. The lowest BCUT2D eigenvalue weighted by molar-refractivity contribution is 0.115. The summed E-state index contributed by atoms with van der Waals surface area (Å²) in [5, 5.41) is 9.06. The summed E-state index contributed by atoms with van der Waals surface area (Å²) in [7, 11) is 1.71. The van der Waals surface area contributed by atoms with Crippen molar-refractivity contribution in [1.29, 1.82) is 0 Å². The highest BCUT2D eigenvalue weighted by Gasteiger charge is 2.39. The van der Waals surface area contributed by atoms with Crippen molar-refractivity contribution in [2.75, 3.05) is 40.0 Å². The van der Waals surface area contributed by atoms with E-state index in [1.54, 1.807) is 7.11 Å². The fourth-order valence-electron chi connectivity index (χ4n) is 2.73. The topological polar surface area (TPSA) is 58.7 Å². The van der Waals surface area contributed by atoms with E-state index in [-0.39, 0.29) is 18.1 Å². The molecule has 0 amide bonds. The van der Waals surface area contributed by atoms with Crippen molar-refractivity contribution in [3.8, 4) is 0 Å². The molecule has 0 saturated heterocycles. The number of nitrogens with zero attached hydrogens (tertiary/aromatic N) is 1. The molecule has 0 heterocycles. The van der Waals surface area contributed by atoms with Crippen LogP contribution in [0.5, 0.6) is 0 Å². The van der Waals surface area contributed by atoms with E-state index in [1.807, 2.05) is 0 Å². The molecule has 102 valence electrons. The lowest BCUT2D eigenvalue weighted by Crippen LogP contribution is -2.43. The van der Waals surface area contributed by atoms with Gasteiger partial charge in [0.2, 0.25) is 0 Å². The third-order valence-electron chi connectivity index (χ3n) is 4.09. The van der Waals surface area contributed by atoms with Gasteiger partial charge in [-0.3, -0.25) is 4.90 Å². The van der Waals surface area contributed by atoms with Crippen LogP contribution in [0.4, 0.5) is 0 Å². The van der Waals surface area contributed by atoms with Gasteiger partial charge in [0.25, 0.3) is 0 Å². The van der Waals surface area contributed by atoms with Gasteiger partial charge in [0.15, 0.2) is 0 Å². The Hall–Kier alpha value is -0.160. The number of aliphatic hydroxyl groups excluding tert-OH is 1. The summed E-state index contributed by atoms with van der Waals surface area (Å²) in [4.78, 5) is 2.26. The van der Waals surface area contributed by atoms with Crippen molar-refractivity contribution >= 4 is 0 Å². The third kappa shape index (κ3) is 4.21. The number of hydrogen-bond acceptors (Lipinski definition) is 4. The fraction of sp³-hybridized carbons (Fsp3) is 1.00. The van der Waals surface area contributed by atoms with Crippen LogP contribution >= 0.6 is 0 Å². The summed E-state index contributed by atoms with van der Waals surface area (Å²) in [6, 6.07) is 0.270. The molecule has 0 bridgehead atoms. The maximum atomic E-state index is 9.06. The molecule has 1 aliphatic rings. The zero-order valence-corrected chi connectivity index (χ0v) is 11.5. The minimum atomic E-state index is 0.203. The van der Waals surface area contributed by atoms with E-state index in [1.165, 1.54) is 12.8 Å². The quantitative estimate of drug-likeness (QED) is 0.692. The normalized spacial score (nSPS) is 27.9.